The van der Waals surface area contributed by atoms with Crippen LogP contribution in [0, 0.1) is 11.3 Å². The van der Waals surface area contributed by atoms with Gasteiger partial charge in [0.15, 0.2) is 0 Å². The molecule has 0 bridgehead atoms. The first-order chi connectivity index (χ1) is 9.41. The van der Waals surface area contributed by atoms with E-state index in [1.165, 1.54) is 0 Å². The number of para-hydroxylation sites is 1. The highest BCUT2D eigenvalue weighted by Crippen LogP contribution is 2.49. The standard InChI is InChI=1S/C16H22ClN3/c1-9-12(18)8-7-10(16(9,2)3)15-19-13-6-4-5-11(17)14(13)20-15/h4-6,9-10,12H,7-8,18H2,1-3H3,(H,19,20). The Labute approximate surface area is 124 Å². The molecule has 1 saturated carbocycles. The van der Waals surface area contributed by atoms with Gasteiger partial charge in [-0.3, -0.25) is 0 Å². The van der Waals surface area contributed by atoms with Crippen LogP contribution in [0.2, 0.25) is 5.02 Å². The minimum absolute atomic E-state index is 0.137. The number of nitrogens with one attached hydrogen (secondary N) is 1. The molecule has 3 nitrogen and oxygen atoms in total. The number of benzene rings is 1. The van der Waals surface area contributed by atoms with Crippen LogP contribution < -0.4 is 5.73 Å². The molecule has 0 radical (unpaired) electrons. The second-order valence-electron chi connectivity index (χ2n) is 6.66. The zero-order valence-corrected chi connectivity index (χ0v) is 13.0. The van der Waals surface area contributed by atoms with Gasteiger partial charge in [0.1, 0.15) is 11.3 Å². The maximum Gasteiger partial charge on any atom is 0.110 e. The summed E-state index contributed by atoms with van der Waals surface area (Å²) in [5, 5.41) is 0.711. The summed E-state index contributed by atoms with van der Waals surface area (Å²) < 4.78 is 0. The smallest absolute Gasteiger partial charge is 0.110 e. The van der Waals surface area contributed by atoms with E-state index in [1.807, 2.05) is 18.2 Å². The van der Waals surface area contributed by atoms with Gasteiger partial charge in [0.05, 0.1) is 10.5 Å². The molecule has 3 unspecified atom stereocenters. The van der Waals surface area contributed by atoms with E-state index in [0.29, 0.717) is 16.9 Å². The van der Waals surface area contributed by atoms with E-state index in [-0.39, 0.29) is 11.5 Å². The largest absolute Gasteiger partial charge is 0.342 e. The normalized spacial score (nSPS) is 29.8. The van der Waals surface area contributed by atoms with Gasteiger partial charge in [0.25, 0.3) is 0 Å². The zero-order chi connectivity index (χ0) is 14.5. The average molecular weight is 292 g/mol. The van der Waals surface area contributed by atoms with Gasteiger partial charge in [-0.2, -0.15) is 0 Å². The number of rotatable bonds is 1. The van der Waals surface area contributed by atoms with Crippen molar-refractivity contribution in [3.8, 4) is 0 Å². The van der Waals surface area contributed by atoms with Crippen molar-refractivity contribution in [1.29, 1.82) is 0 Å². The van der Waals surface area contributed by atoms with Crippen LogP contribution in [0.5, 0.6) is 0 Å². The molecule has 1 aromatic carbocycles. The van der Waals surface area contributed by atoms with Gasteiger partial charge in [0.2, 0.25) is 0 Å². The Morgan fingerprint density at radius 3 is 2.80 bits per heavy atom. The number of imidazole rings is 1. The van der Waals surface area contributed by atoms with Crippen LogP contribution in [0.3, 0.4) is 0 Å². The maximum atomic E-state index is 6.24. The molecular formula is C16H22ClN3. The van der Waals surface area contributed by atoms with E-state index < -0.39 is 0 Å². The van der Waals surface area contributed by atoms with Gasteiger partial charge in [0, 0.05) is 12.0 Å². The lowest BCUT2D eigenvalue weighted by Crippen LogP contribution is -2.46. The molecule has 0 spiro atoms. The van der Waals surface area contributed by atoms with Crippen molar-refractivity contribution in [2.24, 2.45) is 17.1 Å². The molecule has 0 aliphatic heterocycles. The summed E-state index contributed by atoms with van der Waals surface area (Å²) in [6.07, 6.45) is 2.13. The number of H-pyrrole nitrogens is 1. The summed E-state index contributed by atoms with van der Waals surface area (Å²) in [5.41, 5.74) is 8.28. The first-order valence-corrected chi connectivity index (χ1v) is 7.68. The molecule has 3 N–H and O–H groups in total. The second kappa shape index (κ2) is 4.74. The predicted octanol–water partition coefficient (Wildman–Crippen LogP) is 4.08. The monoisotopic (exact) mass is 291 g/mol. The van der Waals surface area contributed by atoms with Crippen molar-refractivity contribution in [3.05, 3.63) is 29.0 Å². The van der Waals surface area contributed by atoms with Gasteiger partial charge >= 0.3 is 0 Å². The third-order valence-corrected chi connectivity index (χ3v) is 5.62. The minimum atomic E-state index is 0.137. The van der Waals surface area contributed by atoms with Gasteiger partial charge < -0.3 is 10.7 Å². The highest BCUT2D eigenvalue weighted by Gasteiger charge is 2.43. The van der Waals surface area contributed by atoms with Crippen LogP contribution >= 0.6 is 11.6 Å². The highest BCUT2D eigenvalue weighted by molar-refractivity contribution is 6.34. The lowest BCUT2D eigenvalue weighted by molar-refractivity contribution is 0.0954. The second-order valence-corrected chi connectivity index (χ2v) is 7.07. The van der Waals surface area contributed by atoms with Crippen LogP contribution in [0.25, 0.3) is 11.0 Å². The van der Waals surface area contributed by atoms with Crippen LogP contribution in [-0.2, 0) is 0 Å². The first kappa shape index (κ1) is 13.9. The third-order valence-electron chi connectivity index (χ3n) is 5.31. The molecule has 3 atom stereocenters. The van der Waals surface area contributed by atoms with Crippen molar-refractivity contribution in [2.45, 2.75) is 45.6 Å². The fourth-order valence-electron chi connectivity index (χ4n) is 3.52. The van der Waals surface area contributed by atoms with E-state index in [0.717, 1.165) is 29.7 Å². The summed E-state index contributed by atoms with van der Waals surface area (Å²) >= 11 is 6.23. The van der Waals surface area contributed by atoms with Gasteiger partial charge in [-0.1, -0.05) is 38.4 Å². The molecule has 4 heteroatoms. The van der Waals surface area contributed by atoms with E-state index in [9.17, 15) is 0 Å². The van der Waals surface area contributed by atoms with Crippen molar-refractivity contribution in [3.63, 3.8) is 0 Å². The van der Waals surface area contributed by atoms with E-state index >= 15 is 0 Å². The Kier molecular flexibility index (Phi) is 3.30. The van der Waals surface area contributed by atoms with Crippen molar-refractivity contribution >= 4 is 22.6 Å². The number of hydrogen-bond donors (Lipinski definition) is 2. The van der Waals surface area contributed by atoms with Crippen LogP contribution in [0.4, 0.5) is 0 Å². The molecule has 108 valence electrons. The van der Waals surface area contributed by atoms with Gasteiger partial charge in [-0.15, -0.1) is 0 Å². The summed E-state index contributed by atoms with van der Waals surface area (Å²) in [7, 11) is 0. The first-order valence-electron chi connectivity index (χ1n) is 7.31. The summed E-state index contributed by atoms with van der Waals surface area (Å²) in [4.78, 5) is 8.22. The quantitative estimate of drug-likeness (QED) is 0.831. The SMILES string of the molecule is CC1C(N)CCC(c2nc3c(Cl)cccc3[nH]2)C1(C)C. The maximum absolute atomic E-state index is 6.24. The molecule has 1 aliphatic rings. The molecule has 1 fully saturated rings. The molecule has 0 saturated heterocycles. The molecule has 2 aromatic rings. The van der Waals surface area contributed by atoms with E-state index in [4.69, 9.17) is 22.3 Å². The Hall–Kier alpha value is -1.06. The third kappa shape index (κ3) is 2.04. The molecular weight excluding hydrogens is 270 g/mol. The molecule has 1 aliphatic carbocycles. The summed E-state index contributed by atoms with van der Waals surface area (Å²) in [6.45, 7) is 6.86. The van der Waals surface area contributed by atoms with Gasteiger partial charge in [-0.25, -0.2) is 4.98 Å². The number of hydrogen-bond acceptors (Lipinski definition) is 2. The van der Waals surface area contributed by atoms with Crippen molar-refractivity contribution < 1.29 is 0 Å². The molecule has 0 amide bonds. The number of fused-ring (bicyclic) bond motifs is 1. The van der Waals surface area contributed by atoms with Crippen molar-refractivity contribution in [2.75, 3.05) is 0 Å². The number of nitrogens with two attached hydrogens (primary N) is 1. The van der Waals surface area contributed by atoms with Gasteiger partial charge in [-0.05, 0) is 36.3 Å². The fraction of sp³-hybridized carbons (Fsp3) is 0.562. The van der Waals surface area contributed by atoms with Crippen LogP contribution in [-0.4, -0.2) is 16.0 Å². The summed E-state index contributed by atoms with van der Waals surface area (Å²) in [5.74, 6) is 1.93. The van der Waals surface area contributed by atoms with E-state index in [1.54, 1.807) is 0 Å². The Morgan fingerprint density at radius 1 is 1.35 bits per heavy atom. The highest BCUT2D eigenvalue weighted by atomic mass is 35.5. The van der Waals surface area contributed by atoms with Crippen LogP contribution in [0.15, 0.2) is 18.2 Å². The predicted molar refractivity (Wildman–Crippen MR) is 84.0 cm³/mol. The average Bonchev–Trinajstić information content (AvgIpc) is 2.81. The fourth-order valence-corrected chi connectivity index (χ4v) is 3.74. The number of aromatic amines is 1. The Morgan fingerprint density at radius 2 is 2.10 bits per heavy atom. The molecule has 1 aromatic heterocycles. The minimum Gasteiger partial charge on any atom is -0.342 e. The number of nitrogens with zero attached hydrogens (tertiary/aromatic N) is 1. The molecule has 3 rings (SSSR count). The molecule has 1 heterocycles. The topological polar surface area (TPSA) is 54.7 Å². The van der Waals surface area contributed by atoms with Crippen LogP contribution in [0.1, 0.15) is 45.4 Å². The Bertz CT molecular complexity index is 632. The zero-order valence-electron chi connectivity index (χ0n) is 12.3. The number of halogens is 1. The lowest BCUT2D eigenvalue weighted by Gasteiger charge is -2.46. The summed E-state index contributed by atoms with van der Waals surface area (Å²) in [6, 6.07) is 6.16. The lowest BCUT2D eigenvalue weighted by atomic mass is 9.61. The van der Waals surface area contributed by atoms with Crippen molar-refractivity contribution in [1.82, 2.24) is 9.97 Å². The number of aromatic nitrogens is 2. The molecule has 20 heavy (non-hydrogen) atoms. The Balaban J connectivity index is 2.04. The van der Waals surface area contributed by atoms with E-state index in [2.05, 4.69) is 25.8 Å².